The normalized spacial score (nSPS) is 11.0. The maximum absolute atomic E-state index is 5.42. The molecule has 0 aliphatic heterocycles. The third-order valence-corrected chi connectivity index (χ3v) is 5.35. The molecule has 0 atom stereocenters. The quantitative estimate of drug-likeness (QED) is 0.286. The van der Waals surface area contributed by atoms with Gasteiger partial charge >= 0.3 is 0 Å². The molecule has 0 spiro atoms. The van der Waals surface area contributed by atoms with Gasteiger partial charge in [0.1, 0.15) is 11.6 Å². The molecule has 2 rings (SSSR count). The van der Waals surface area contributed by atoms with E-state index in [-0.39, 0.29) is 0 Å². The van der Waals surface area contributed by atoms with Crippen LogP contribution in [0.3, 0.4) is 0 Å². The maximum atomic E-state index is 5.42. The summed E-state index contributed by atoms with van der Waals surface area (Å²) >= 11 is 5.42. The minimum atomic E-state index is 0.651. The Labute approximate surface area is 169 Å². The number of aromatic nitrogens is 3. The van der Waals surface area contributed by atoms with Crippen molar-refractivity contribution in [1.82, 2.24) is 14.8 Å². The Morgan fingerprint density at radius 2 is 1.44 bits per heavy atom. The summed E-state index contributed by atoms with van der Waals surface area (Å²) in [6.45, 7) is 2.27. The monoisotopic (exact) mass is 389 g/mol. The van der Waals surface area contributed by atoms with Gasteiger partial charge in [0.15, 0.2) is 4.77 Å². The fourth-order valence-corrected chi connectivity index (χ4v) is 3.70. The number of nitrogens with zero attached hydrogens (tertiary/aromatic N) is 2. The van der Waals surface area contributed by atoms with Crippen molar-refractivity contribution < 1.29 is 4.74 Å². The van der Waals surface area contributed by atoms with E-state index in [4.69, 9.17) is 17.0 Å². The van der Waals surface area contributed by atoms with Crippen molar-refractivity contribution in [3.8, 4) is 11.4 Å². The molecule has 0 saturated heterocycles. The van der Waals surface area contributed by atoms with E-state index < -0.39 is 0 Å². The van der Waals surface area contributed by atoms with Crippen LogP contribution in [0.25, 0.3) is 5.69 Å². The molecule has 0 bridgehead atoms. The molecule has 0 aliphatic rings. The second kappa shape index (κ2) is 12.7. The van der Waals surface area contributed by atoms with Crippen LogP contribution in [0.15, 0.2) is 24.3 Å². The first-order valence-electron chi connectivity index (χ1n) is 10.6. The highest BCUT2D eigenvalue weighted by atomic mass is 32.1. The van der Waals surface area contributed by atoms with Crippen LogP contribution in [-0.2, 0) is 6.42 Å². The summed E-state index contributed by atoms with van der Waals surface area (Å²) in [5.74, 6) is 1.86. The number of hydrogen-bond acceptors (Lipinski definition) is 3. The molecule has 0 fully saturated rings. The van der Waals surface area contributed by atoms with Crippen LogP contribution in [0.2, 0.25) is 0 Å². The fourth-order valence-electron chi connectivity index (χ4n) is 3.44. The van der Waals surface area contributed by atoms with Gasteiger partial charge in [-0.15, -0.1) is 0 Å². The first-order valence-corrected chi connectivity index (χ1v) is 11.0. The van der Waals surface area contributed by atoms with Crippen LogP contribution in [-0.4, -0.2) is 21.9 Å². The Morgan fingerprint density at radius 3 is 2.00 bits per heavy atom. The summed E-state index contributed by atoms with van der Waals surface area (Å²) in [6.07, 6.45) is 15.8. The summed E-state index contributed by atoms with van der Waals surface area (Å²) in [5.41, 5.74) is 1.03. The highest BCUT2D eigenvalue weighted by molar-refractivity contribution is 7.71. The zero-order chi connectivity index (χ0) is 19.3. The molecule has 4 nitrogen and oxygen atoms in total. The van der Waals surface area contributed by atoms with E-state index >= 15 is 0 Å². The summed E-state index contributed by atoms with van der Waals surface area (Å²) in [5, 5.41) is 7.37. The summed E-state index contributed by atoms with van der Waals surface area (Å²) < 4.78 is 7.92. The van der Waals surface area contributed by atoms with Crippen molar-refractivity contribution in [3.63, 3.8) is 0 Å². The van der Waals surface area contributed by atoms with E-state index in [1.54, 1.807) is 7.11 Å². The lowest BCUT2D eigenvalue weighted by molar-refractivity contribution is 0.414. The minimum absolute atomic E-state index is 0.651. The average molecular weight is 390 g/mol. The number of rotatable bonds is 14. The number of H-pyrrole nitrogens is 1. The Hall–Kier alpha value is -1.62. The zero-order valence-corrected chi connectivity index (χ0v) is 17.8. The second-order valence-electron chi connectivity index (χ2n) is 7.26. The minimum Gasteiger partial charge on any atom is -0.497 e. The molecule has 0 radical (unpaired) electrons. The molecular formula is C22H35N3OS. The lowest BCUT2D eigenvalue weighted by atomic mass is 10.1. The first kappa shape index (κ1) is 21.7. The molecule has 1 heterocycles. The Bertz CT molecular complexity index is 690. The predicted octanol–water partition coefficient (Wildman–Crippen LogP) is 6.79. The van der Waals surface area contributed by atoms with Crippen LogP contribution in [0.4, 0.5) is 0 Å². The highest BCUT2D eigenvalue weighted by Gasteiger charge is 2.08. The Balaban J connectivity index is 1.67. The molecule has 1 aromatic heterocycles. The number of hydrogen-bond donors (Lipinski definition) is 1. The van der Waals surface area contributed by atoms with Gasteiger partial charge in [-0.3, -0.25) is 9.67 Å². The first-order chi connectivity index (χ1) is 13.3. The van der Waals surface area contributed by atoms with Gasteiger partial charge in [-0.25, -0.2) is 0 Å². The lowest BCUT2D eigenvalue weighted by Crippen LogP contribution is -2.02. The number of aromatic amines is 1. The molecule has 150 valence electrons. The molecule has 2 aromatic rings. The zero-order valence-electron chi connectivity index (χ0n) is 17.0. The molecular weight excluding hydrogens is 354 g/mol. The van der Waals surface area contributed by atoms with E-state index in [0.717, 1.165) is 30.1 Å². The van der Waals surface area contributed by atoms with Crippen LogP contribution in [0.5, 0.6) is 5.75 Å². The van der Waals surface area contributed by atoms with E-state index in [1.165, 1.54) is 64.2 Å². The van der Waals surface area contributed by atoms with E-state index in [0.29, 0.717) is 4.77 Å². The Morgan fingerprint density at radius 1 is 0.889 bits per heavy atom. The van der Waals surface area contributed by atoms with Crippen molar-refractivity contribution in [3.05, 3.63) is 34.9 Å². The smallest absolute Gasteiger partial charge is 0.199 e. The van der Waals surface area contributed by atoms with E-state index in [2.05, 4.69) is 17.1 Å². The number of methoxy groups -OCH3 is 1. The molecule has 1 N–H and O–H groups in total. The predicted molar refractivity (Wildman–Crippen MR) is 115 cm³/mol. The van der Waals surface area contributed by atoms with Crippen molar-refractivity contribution in [2.45, 2.75) is 84.0 Å². The maximum Gasteiger partial charge on any atom is 0.199 e. The Kier molecular flexibility index (Phi) is 10.2. The van der Waals surface area contributed by atoms with Gasteiger partial charge in [-0.1, -0.05) is 71.1 Å². The third-order valence-electron chi connectivity index (χ3n) is 5.08. The molecule has 5 heteroatoms. The van der Waals surface area contributed by atoms with Crippen LogP contribution >= 0.6 is 12.2 Å². The average Bonchev–Trinajstić information content (AvgIpc) is 3.06. The van der Waals surface area contributed by atoms with Gasteiger partial charge in [0.2, 0.25) is 0 Å². The largest absolute Gasteiger partial charge is 0.497 e. The standard InChI is InChI=1S/C22H35N3OS/c1-3-4-5-6-7-8-9-10-11-12-13-14-21-23-24-22(27)25(21)19-15-17-20(26-2)18-16-19/h15-18H,3-14H2,1-2H3,(H,24,27). The van der Waals surface area contributed by atoms with E-state index in [1.807, 2.05) is 28.8 Å². The molecule has 0 aliphatic carbocycles. The topological polar surface area (TPSA) is 42.8 Å². The number of ether oxygens (including phenoxy) is 1. The van der Waals surface area contributed by atoms with E-state index in [9.17, 15) is 0 Å². The fraction of sp³-hybridized carbons (Fsp3) is 0.636. The summed E-state index contributed by atoms with van der Waals surface area (Å²) in [6, 6.07) is 7.95. The number of aryl methyl sites for hydroxylation is 1. The number of nitrogens with one attached hydrogen (secondary N) is 1. The highest BCUT2D eigenvalue weighted by Crippen LogP contribution is 2.18. The van der Waals surface area contributed by atoms with Crippen molar-refractivity contribution in [2.75, 3.05) is 7.11 Å². The van der Waals surface area contributed by atoms with Crippen LogP contribution < -0.4 is 4.74 Å². The summed E-state index contributed by atoms with van der Waals surface area (Å²) in [7, 11) is 1.68. The van der Waals surface area contributed by atoms with Gasteiger partial charge in [-0.05, 0) is 42.9 Å². The molecule has 0 unspecified atom stereocenters. The van der Waals surface area contributed by atoms with Gasteiger partial charge in [0.25, 0.3) is 0 Å². The van der Waals surface area contributed by atoms with Crippen molar-refractivity contribution in [1.29, 1.82) is 0 Å². The summed E-state index contributed by atoms with van der Waals surface area (Å²) in [4.78, 5) is 0. The lowest BCUT2D eigenvalue weighted by Gasteiger charge is -2.08. The van der Waals surface area contributed by atoms with Crippen molar-refractivity contribution >= 4 is 12.2 Å². The molecule has 0 amide bonds. The molecule has 27 heavy (non-hydrogen) atoms. The third kappa shape index (κ3) is 7.49. The van der Waals surface area contributed by atoms with Crippen molar-refractivity contribution in [2.24, 2.45) is 0 Å². The van der Waals surface area contributed by atoms with Crippen LogP contribution in [0.1, 0.15) is 83.4 Å². The van der Waals surface area contributed by atoms with Crippen LogP contribution in [0, 0.1) is 4.77 Å². The van der Waals surface area contributed by atoms with Gasteiger partial charge in [-0.2, -0.15) is 5.10 Å². The molecule has 0 saturated carbocycles. The van der Waals surface area contributed by atoms with Gasteiger partial charge < -0.3 is 4.74 Å². The van der Waals surface area contributed by atoms with Gasteiger partial charge in [0.05, 0.1) is 7.11 Å². The SMILES string of the molecule is CCCCCCCCCCCCCc1n[nH]c(=S)n1-c1ccc(OC)cc1. The number of unbranched alkanes of at least 4 members (excludes halogenated alkanes) is 10. The number of benzene rings is 1. The molecule has 1 aromatic carbocycles. The van der Waals surface area contributed by atoms with Gasteiger partial charge in [0, 0.05) is 12.1 Å². The second-order valence-corrected chi connectivity index (χ2v) is 7.65.